The van der Waals surface area contributed by atoms with E-state index in [1.54, 1.807) is 6.92 Å². The van der Waals surface area contributed by atoms with Gasteiger partial charge >= 0.3 is 11.9 Å². The van der Waals surface area contributed by atoms with E-state index < -0.39 is 29.1 Å². The van der Waals surface area contributed by atoms with Crippen molar-refractivity contribution in [1.82, 2.24) is 5.32 Å². The van der Waals surface area contributed by atoms with E-state index in [4.69, 9.17) is 10.00 Å². The summed E-state index contributed by atoms with van der Waals surface area (Å²) in [6.45, 7) is 1.66. The van der Waals surface area contributed by atoms with Crippen LogP contribution in [0.5, 0.6) is 0 Å². The van der Waals surface area contributed by atoms with Gasteiger partial charge in [0, 0.05) is 18.1 Å². The molecule has 0 fully saturated rings. The number of methoxy groups -OCH3 is 2. The lowest BCUT2D eigenvalue weighted by Crippen LogP contribution is -2.45. The molecule has 0 aliphatic rings. The molecule has 3 atom stereocenters. The van der Waals surface area contributed by atoms with Crippen molar-refractivity contribution in [2.24, 2.45) is 5.92 Å². The van der Waals surface area contributed by atoms with Crippen molar-refractivity contribution in [2.45, 2.75) is 24.6 Å². The predicted molar refractivity (Wildman–Crippen MR) is 97.1 cm³/mol. The lowest BCUT2D eigenvalue weighted by Gasteiger charge is -2.19. The number of ether oxygens (including phenoxy) is 2. The van der Waals surface area contributed by atoms with E-state index >= 15 is 0 Å². The maximum Gasteiger partial charge on any atom is 0.333 e. The summed E-state index contributed by atoms with van der Waals surface area (Å²) in [5.74, 6) is -1.82. The van der Waals surface area contributed by atoms with Gasteiger partial charge in [-0.2, -0.15) is 5.26 Å². The van der Waals surface area contributed by atoms with Gasteiger partial charge in [-0.05, 0) is 5.56 Å². The molecule has 7 nitrogen and oxygen atoms in total. The van der Waals surface area contributed by atoms with E-state index in [0.717, 1.165) is 17.3 Å². The first kappa shape index (κ1) is 21.5. The van der Waals surface area contributed by atoms with Crippen molar-refractivity contribution < 1.29 is 23.9 Å². The first-order valence-corrected chi connectivity index (χ1v) is 8.99. The van der Waals surface area contributed by atoms with Gasteiger partial charge in [0.2, 0.25) is 5.91 Å². The average molecular weight is 378 g/mol. The highest BCUT2D eigenvalue weighted by molar-refractivity contribution is 8.00. The van der Waals surface area contributed by atoms with Crippen LogP contribution in [0.3, 0.4) is 0 Å². The van der Waals surface area contributed by atoms with Crippen LogP contribution in [0.15, 0.2) is 30.3 Å². The fourth-order valence-corrected chi connectivity index (χ4v) is 3.02. The Bertz CT molecular complexity index is 659. The van der Waals surface area contributed by atoms with Crippen LogP contribution in [-0.4, -0.2) is 49.1 Å². The van der Waals surface area contributed by atoms with E-state index in [2.05, 4.69) is 10.1 Å². The van der Waals surface area contributed by atoms with Crippen LogP contribution >= 0.6 is 11.8 Å². The van der Waals surface area contributed by atoms with Crippen LogP contribution in [0, 0.1) is 17.2 Å². The zero-order chi connectivity index (χ0) is 19.5. The Hall–Kier alpha value is -2.53. The summed E-state index contributed by atoms with van der Waals surface area (Å²) in [5, 5.41) is 10.6. The summed E-state index contributed by atoms with van der Waals surface area (Å²) in [7, 11) is 2.47. The van der Waals surface area contributed by atoms with Crippen molar-refractivity contribution in [1.29, 1.82) is 5.26 Å². The number of hydrogen-bond acceptors (Lipinski definition) is 7. The molecule has 1 N–H and O–H groups in total. The Morgan fingerprint density at radius 3 is 2.31 bits per heavy atom. The second-order valence-electron chi connectivity index (χ2n) is 5.54. The number of hydrogen-bond donors (Lipinski definition) is 1. The first-order valence-electron chi connectivity index (χ1n) is 7.94. The van der Waals surface area contributed by atoms with Gasteiger partial charge < -0.3 is 14.8 Å². The van der Waals surface area contributed by atoms with Gasteiger partial charge in [0.1, 0.15) is 6.04 Å². The summed E-state index contributed by atoms with van der Waals surface area (Å²) < 4.78 is 9.29. The SMILES string of the molecule is COC(=O)C(C#N)SC[C@H](C)C(=O)N[C@@H](Cc1ccccc1)C(=O)OC. The fourth-order valence-electron chi connectivity index (χ4n) is 2.08. The largest absolute Gasteiger partial charge is 0.467 e. The normalized spacial score (nSPS) is 13.6. The van der Waals surface area contributed by atoms with Crippen LogP contribution in [-0.2, 0) is 30.3 Å². The van der Waals surface area contributed by atoms with Gasteiger partial charge in [0.05, 0.1) is 20.3 Å². The molecule has 1 rings (SSSR count). The van der Waals surface area contributed by atoms with Gasteiger partial charge in [0.15, 0.2) is 5.25 Å². The van der Waals surface area contributed by atoms with Crippen LogP contribution in [0.2, 0.25) is 0 Å². The molecule has 0 saturated carbocycles. The minimum absolute atomic E-state index is 0.235. The van der Waals surface area contributed by atoms with Gasteiger partial charge in [-0.25, -0.2) is 9.59 Å². The molecule has 8 heteroatoms. The predicted octanol–water partition coefficient (Wildman–Crippen LogP) is 1.32. The Balaban J connectivity index is 2.66. The topological polar surface area (TPSA) is 105 Å². The maximum absolute atomic E-state index is 12.4. The Kier molecular flexibility index (Phi) is 9.23. The molecule has 1 aromatic carbocycles. The van der Waals surface area contributed by atoms with Crippen LogP contribution in [0.25, 0.3) is 0 Å². The van der Waals surface area contributed by atoms with E-state index in [0.29, 0.717) is 6.42 Å². The summed E-state index contributed by atoms with van der Waals surface area (Å²) in [6, 6.07) is 10.3. The molecule has 0 saturated heterocycles. The highest BCUT2D eigenvalue weighted by Crippen LogP contribution is 2.16. The lowest BCUT2D eigenvalue weighted by atomic mass is 10.1. The van der Waals surface area contributed by atoms with E-state index in [9.17, 15) is 14.4 Å². The number of benzene rings is 1. The summed E-state index contributed by atoms with van der Waals surface area (Å²) >= 11 is 1.02. The van der Waals surface area contributed by atoms with E-state index in [-0.39, 0.29) is 11.7 Å². The molecular weight excluding hydrogens is 356 g/mol. The molecular formula is C18H22N2O5S. The first-order chi connectivity index (χ1) is 12.4. The highest BCUT2D eigenvalue weighted by atomic mass is 32.2. The minimum atomic E-state index is -0.990. The fraction of sp³-hybridized carbons (Fsp3) is 0.444. The van der Waals surface area contributed by atoms with Crippen molar-refractivity contribution >= 4 is 29.6 Å². The second kappa shape index (κ2) is 11.2. The smallest absolute Gasteiger partial charge is 0.333 e. The number of amides is 1. The monoisotopic (exact) mass is 378 g/mol. The number of esters is 2. The molecule has 0 spiro atoms. The molecule has 140 valence electrons. The van der Waals surface area contributed by atoms with Crippen molar-refractivity contribution in [3.8, 4) is 6.07 Å². The third-order valence-electron chi connectivity index (χ3n) is 3.58. The third kappa shape index (κ3) is 6.76. The van der Waals surface area contributed by atoms with Crippen molar-refractivity contribution in [3.05, 3.63) is 35.9 Å². The Labute approximate surface area is 157 Å². The van der Waals surface area contributed by atoms with Crippen molar-refractivity contribution in [3.63, 3.8) is 0 Å². The average Bonchev–Trinajstić information content (AvgIpc) is 2.67. The molecule has 1 amide bonds. The van der Waals surface area contributed by atoms with Crippen LogP contribution in [0.1, 0.15) is 12.5 Å². The summed E-state index contributed by atoms with van der Waals surface area (Å²) in [4.78, 5) is 35.7. The van der Waals surface area contributed by atoms with Crippen LogP contribution in [0.4, 0.5) is 0 Å². The highest BCUT2D eigenvalue weighted by Gasteiger charge is 2.26. The minimum Gasteiger partial charge on any atom is -0.467 e. The number of nitriles is 1. The molecule has 1 aromatic rings. The lowest BCUT2D eigenvalue weighted by molar-refractivity contribution is -0.145. The van der Waals surface area contributed by atoms with Crippen LogP contribution < -0.4 is 5.32 Å². The third-order valence-corrected chi connectivity index (χ3v) is 4.90. The number of thioether (sulfide) groups is 1. The molecule has 1 unspecified atom stereocenters. The molecule has 0 aliphatic carbocycles. The Morgan fingerprint density at radius 2 is 1.77 bits per heavy atom. The number of carbonyl (C=O) groups excluding carboxylic acids is 3. The molecule has 0 aromatic heterocycles. The maximum atomic E-state index is 12.4. The summed E-state index contributed by atoms with van der Waals surface area (Å²) in [5.41, 5.74) is 0.889. The number of carbonyl (C=O) groups is 3. The molecule has 0 radical (unpaired) electrons. The Morgan fingerprint density at radius 1 is 1.15 bits per heavy atom. The number of rotatable bonds is 9. The summed E-state index contributed by atoms with van der Waals surface area (Å²) in [6.07, 6.45) is 0.308. The molecule has 0 heterocycles. The van der Waals surface area contributed by atoms with E-state index in [1.807, 2.05) is 36.4 Å². The number of nitrogens with one attached hydrogen (secondary N) is 1. The van der Waals surface area contributed by atoms with Gasteiger partial charge in [-0.3, -0.25) is 4.79 Å². The molecule has 0 bridgehead atoms. The molecule has 26 heavy (non-hydrogen) atoms. The second-order valence-corrected chi connectivity index (χ2v) is 6.68. The molecule has 0 aliphatic heterocycles. The standard InChI is InChI=1S/C18H22N2O5S/c1-12(11-26-15(10-19)18(23)25-3)16(21)20-14(17(22)24-2)9-13-7-5-4-6-8-13/h4-8,12,14-15H,9,11H2,1-3H3,(H,20,21)/t12-,14-,15?/m0/s1. The quantitative estimate of drug-likeness (QED) is 0.646. The van der Waals surface area contributed by atoms with Crippen molar-refractivity contribution in [2.75, 3.05) is 20.0 Å². The zero-order valence-corrected chi connectivity index (χ0v) is 15.7. The van der Waals surface area contributed by atoms with Gasteiger partial charge in [-0.1, -0.05) is 37.3 Å². The zero-order valence-electron chi connectivity index (χ0n) is 14.9. The van der Waals surface area contributed by atoms with Gasteiger partial charge in [0.25, 0.3) is 0 Å². The van der Waals surface area contributed by atoms with Gasteiger partial charge in [-0.15, -0.1) is 11.8 Å². The number of nitrogens with zero attached hydrogens (tertiary/aromatic N) is 1. The van der Waals surface area contributed by atoms with E-state index in [1.165, 1.54) is 14.2 Å².